The summed E-state index contributed by atoms with van der Waals surface area (Å²) in [5, 5.41) is 12.3. The van der Waals surface area contributed by atoms with E-state index in [-0.39, 0.29) is 30.2 Å². The smallest absolute Gasteiger partial charge is 0.331 e. The Morgan fingerprint density at radius 3 is 2.71 bits per heavy atom. The topological polar surface area (TPSA) is 105 Å². The fraction of sp³-hybridized carbons (Fsp3) is 0.462. The maximum atomic E-state index is 12.2. The first-order valence-electron chi connectivity index (χ1n) is 6.59. The molecule has 0 saturated carbocycles. The minimum absolute atomic E-state index is 0.00206. The molecule has 1 aliphatic rings. The molecule has 0 radical (unpaired) electrons. The molecular formula is C13H18N2O5S. The van der Waals surface area contributed by atoms with Crippen molar-refractivity contribution < 1.29 is 23.1 Å². The normalized spacial score (nSPS) is 22.1. The molecule has 1 aromatic rings. The minimum Gasteiger partial charge on any atom is -0.479 e. The van der Waals surface area contributed by atoms with Crippen LogP contribution in [-0.2, 0) is 19.6 Å². The molecule has 116 valence electrons. The van der Waals surface area contributed by atoms with Crippen LogP contribution in [0.15, 0.2) is 29.2 Å². The van der Waals surface area contributed by atoms with E-state index in [1.807, 2.05) is 0 Å². The number of carbonyl (C=O) groups is 1. The summed E-state index contributed by atoms with van der Waals surface area (Å²) in [7, 11) is -3.68. The van der Waals surface area contributed by atoms with Gasteiger partial charge in [-0.05, 0) is 12.1 Å². The average molecular weight is 314 g/mol. The highest BCUT2D eigenvalue weighted by Crippen LogP contribution is 2.29. The van der Waals surface area contributed by atoms with Gasteiger partial charge >= 0.3 is 5.97 Å². The van der Waals surface area contributed by atoms with Crippen molar-refractivity contribution in [1.29, 1.82) is 0 Å². The summed E-state index contributed by atoms with van der Waals surface area (Å²) in [5.41, 5.74) is -1.04. The van der Waals surface area contributed by atoms with Gasteiger partial charge in [0.15, 0.2) is 5.54 Å². The molecule has 2 rings (SSSR count). The molecule has 8 heteroatoms. The van der Waals surface area contributed by atoms with Crippen molar-refractivity contribution >= 4 is 21.7 Å². The number of para-hydroxylation sites is 1. The van der Waals surface area contributed by atoms with Crippen LogP contribution >= 0.6 is 0 Å². The van der Waals surface area contributed by atoms with E-state index >= 15 is 0 Å². The number of carboxylic acids is 1. The molecule has 1 fully saturated rings. The first-order chi connectivity index (χ1) is 9.91. The van der Waals surface area contributed by atoms with Gasteiger partial charge in [0.2, 0.25) is 10.0 Å². The van der Waals surface area contributed by atoms with Crippen LogP contribution in [0, 0.1) is 0 Å². The Bertz CT molecular complexity index is 623. The highest BCUT2D eigenvalue weighted by atomic mass is 32.2. The van der Waals surface area contributed by atoms with E-state index in [1.54, 1.807) is 25.1 Å². The molecule has 0 aromatic heterocycles. The van der Waals surface area contributed by atoms with Crippen molar-refractivity contribution in [2.45, 2.75) is 23.8 Å². The number of nitrogens with one attached hydrogen (secondary N) is 2. The summed E-state index contributed by atoms with van der Waals surface area (Å²) in [6.45, 7) is 2.25. The van der Waals surface area contributed by atoms with Crippen LogP contribution < -0.4 is 10.0 Å². The summed E-state index contributed by atoms with van der Waals surface area (Å²) in [4.78, 5) is 11.5. The van der Waals surface area contributed by atoms with Crippen LogP contribution in [0.3, 0.4) is 0 Å². The van der Waals surface area contributed by atoms with Gasteiger partial charge in [-0.2, -0.15) is 0 Å². The van der Waals surface area contributed by atoms with Crippen molar-refractivity contribution in [3.8, 4) is 0 Å². The largest absolute Gasteiger partial charge is 0.479 e. The van der Waals surface area contributed by atoms with E-state index in [4.69, 9.17) is 4.74 Å². The molecule has 0 aliphatic carbocycles. The lowest BCUT2D eigenvalue weighted by atomic mass is 9.98. The van der Waals surface area contributed by atoms with Gasteiger partial charge in [-0.1, -0.05) is 19.1 Å². The van der Waals surface area contributed by atoms with Gasteiger partial charge < -0.3 is 15.2 Å². The Morgan fingerprint density at radius 2 is 2.14 bits per heavy atom. The molecule has 1 heterocycles. The molecule has 0 bridgehead atoms. The van der Waals surface area contributed by atoms with Crippen molar-refractivity contribution in [3.63, 3.8) is 0 Å². The number of ether oxygens (including phenoxy) is 1. The zero-order valence-electron chi connectivity index (χ0n) is 11.6. The van der Waals surface area contributed by atoms with Crippen molar-refractivity contribution in [1.82, 2.24) is 4.72 Å². The number of benzene rings is 1. The fourth-order valence-corrected chi connectivity index (χ4v) is 3.42. The fourth-order valence-electron chi connectivity index (χ4n) is 2.22. The van der Waals surface area contributed by atoms with E-state index in [0.29, 0.717) is 6.61 Å². The summed E-state index contributed by atoms with van der Waals surface area (Å²) in [5.74, 6) is -1.06. The van der Waals surface area contributed by atoms with Crippen LogP contribution in [-0.4, -0.2) is 44.8 Å². The SMILES string of the molecule is CCNS(=O)(=O)c1ccccc1NC1(C(=O)O)CCOC1. The second kappa shape index (κ2) is 6.00. The van der Waals surface area contributed by atoms with Crippen molar-refractivity contribution in [2.75, 3.05) is 25.1 Å². The predicted molar refractivity (Wildman–Crippen MR) is 76.7 cm³/mol. The first-order valence-corrected chi connectivity index (χ1v) is 8.07. The van der Waals surface area contributed by atoms with Crippen molar-refractivity contribution in [2.24, 2.45) is 0 Å². The van der Waals surface area contributed by atoms with Crippen LogP contribution in [0.25, 0.3) is 0 Å². The van der Waals surface area contributed by atoms with Gasteiger partial charge in [0.1, 0.15) is 4.90 Å². The van der Waals surface area contributed by atoms with Gasteiger partial charge in [-0.3, -0.25) is 0 Å². The number of hydrogen-bond donors (Lipinski definition) is 3. The Balaban J connectivity index is 2.39. The Kier molecular flexibility index (Phi) is 4.50. The van der Waals surface area contributed by atoms with E-state index < -0.39 is 21.5 Å². The number of aliphatic carboxylic acids is 1. The number of carboxylic acid groups (broad SMARTS) is 1. The minimum atomic E-state index is -3.68. The first kappa shape index (κ1) is 15.7. The van der Waals surface area contributed by atoms with Crippen LogP contribution in [0.2, 0.25) is 0 Å². The number of rotatable bonds is 6. The summed E-state index contributed by atoms with van der Waals surface area (Å²) in [6, 6.07) is 6.23. The molecule has 1 aliphatic heterocycles. The van der Waals surface area contributed by atoms with Gasteiger partial charge in [-0.25, -0.2) is 17.9 Å². The van der Waals surface area contributed by atoms with Gasteiger partial charge in [0.25, 0.3) is 0 Å². The lowest BCUT2D eigenvalue weighted by Gasteiger charge is -2.26. The third kappa shape index (κ3) is 3.17. The highest BCUT2D eigenvalue weighted by molar-refractivity contribution is 7.89. The summed E-state index contributed by atoms with van der Waals surface area (Å²) < 4.78 is 31.9. The average Bonchev–Trinajstić information content (AvgIpc) is 2.89. The lowest BCUT2D eigenvalue weighted by molar-refractivity contribution is -0.142. The third-order valence-corrected chi connectivity index (χ3v) is 4.92. The van der Waals surface area contributed by atoms with Crippen LogP contribution in [0.1, 0.15) is 13.3 Å². The maximum Gasteiger partial charge on any atom is 0.331 e. The quantitative estimate of drug-likeness (QED) is 0.712. The second-order valence-electron chi connectivity index (χ2n) is 4.81. The zero-order chi connectivity index (χ0) is 15.5. The molecule has 1 unspecified atom stereocenters. The standard InChI is InChI=1S/C13H18N2O5S/c1-2-14-21(18,19)11-6-4-3-5-10(11)15-13(12(16)17)7-8-20-9-13/h3-6,14-15H,2,7-9H2,1H3,(H,16,17). The molecular weight excluding hydrogens is 296 g/mol. The monoisotopic (exact) mass is 314 g/mol. The summed E-state index contributed by atoms with van der Waals surface area (Å²) >= 11 is 0. The summed E-state index contributed by atoms with van der Waals surface area (Å²) in [6.07, 6.45) is 0.276. The molecule has 1 atom stereocenters. The zero-order valence-corrected chi connectivity index (χ0v) is 12.4. The third-order valence-electron chi connectivity index (χ3n) is 3.32. The van der Waals surface area contributed by atoms with Gasteiger partial charge in [0.05, 0.1) is 12.3 Å². The van der Waals surface area contributed by atoms with Crippen molar-refractivity contribution in [3.05, 3.63) is 24.3 Å². The van der Waals surface area contributed by atoms with Crippen LogP contribution in [0.5, 0.6) is 0 Å². The Labute approximate surface area is 123 Å². The predicted octanol–water partition coefficient (Wildman–Crippen LogP) is 0.640. The van der Waals surface area contributed by atoms with E-state index in [9.17, 15) is 18.3 Å². The molecule has 1 aromatic carbocycles. The lowest BCUT2D eigenvalue weighted by Crippen LogP contribution is -2.47. The number of hydrogen-bond acceptors (Lipinski definition) is 5. The molecule has 1 saturated heterocycles. The Hall–Kier alpha value is -1.64. The maximum absolute atomic E-state index is 12.2. The van der Waals surface area contributed by atoms with Crippen LogP contribution in [0.4, 0.5) is 5.69 Å². The molecule has 3 N–H and O–H groups in total. The molecule has 7 nitrogen and oxygen atoms in total. The molecule has 21 heavy (non-hydrogen) atoms. The number of anilines is 1. The van der Waals surface area contributed by atoms with Gasteiger partial charge in [0, 0.05) is 19.6 Å². The molecule has 0 amide bonds. The van der Waals surface area contributed by atoms with E-state index in [0.717, 1.165) is 0 Å². The second-order valence-corrected chi connectivity index (χ2v) is 6.55. The van der Waals surface area contributed by atoms with Gasteiger partial charge in [-0.15, -0.1) is 0 Å². The molecule has 0 spiro atoms. The number of sulfonamides is 1. The Morgan fingerprint density at radius 1 is 1.43 bits per heavy atom. The highest BCUT2D eigenvalue weighted by Gasteiger charge is 2.43. The van der Waals surface area contributed by atoms with E-state index in [1.165, 1.54) is 6.07 Å². The van der Waals surface area contributed by atoms with E-state index in [2.05, 4.69) is 10.0 Å².